The molecule has 0 radical (unpaired) electrons. The molecule has 1 saturated heterocycles. The summed E-state index contributed by atoms with van der Waals surface area (Å²) in [6.45, 7) is 0.495. The van der Waals surface area contributed by atoms with Crippen molar-refractivity contribution in [2.75, 3.05) is 13.1 Å². The van der Waals surface area contributed by atoms with Crippen LogP contribution in [-0.4, -0.2) is 53.1 Å². The summed E-state index contributed by atoms with van der Waals surface area (Å²) in [5, 5.41) is 0.561. The van der Waals surface area contributed by atoms with Crippen molar-refractivity contribution in [3.05, 3.63) is 24.4 Å². The minimum atomic E-state index is -4.99. The van der Waals surface area contributed by atoms with Crippen molar-refractivity contribution < 1.29 is 26.5 Å². The van der Waals surface area contributed by atoms with Gasteiger partial charge in [-0.15, -0.1) is 0 Å². The molecule has 102 valence electrons. The fraction of sp³-hybridized carbons (Fsp3) is 0.333. The highest BCUT2D eigenvalue weighted by molar-refractivity contribution is 7.80. The summed E-state index contributed by atoms with van der Waals surface area (Å²) < 4.78 is 41.0. The van der Waals surface area contributed by atoms with Crippen LogP contribution in [0.3, 0.4) is 0 Å². The van der Waals surface area contributed by atoms with Gasteiger partial charge in [0.15, 0.2) is 12.2 Å². The maximum absolute atomic E-state index is 11.8. The maximum Gasteiger partial charge on any atom is 0.346 e. The summed E-state index contributed by atoms with van der Waals surface area (Å²) in [7, 11) is -4.99. The van der Waals surface area contributed by atoms with Crippen LogP contribution >= 0.6 is 0 Å². The predicted octanol–water partition coefficient (Wildman–Crippen LogP) is -0.430. The van der Waals surface area contributed by atoms with Gasteiger partial charge in [-0.05, 0) is 6.08 Å². The van der Waals surface area contributed by atoms with Gasteiger partial charge in [-0.2, -0.15) is 9.35 Å². The van der Waals surface area contributed by atoms with Crippen molar-refractivity contribution in [3.63, 3.8) is 0 Å². The molecular formula is C9H8N3O6S-. The molecule has 2 amide bonds. The van der Waals surface area contributed by atoms with E-state index in [9.17, 15) is 17.8 Å². The Morgan fingerprint density at radius 3 is 2.95 bits per heavy atom. The molecule has 1 atom stereocenters. The number of rotatable bonds is 3. The maximum atomic E-state index is 11.8. The van der Waals surface area contributed by atoms with Crippen molar-refractivity contribution in [2.45, 2.75) is 6.04 Å². The number of amides is 2. The average Bonchev–Trinajstić information content (AvgIpc) is 2.92. The van der Waals surface area contributed by atoms with Gasteiger partial charge in [-0.25, -0.2) is 18.2 Å². The molecular weight excluding hydrogens is 278 g/mol. The van der Waals surface area contributed by atoms with Crippen molar-refractivity contribution in [3.8, 4) is 0 Å². The Kier molecular flexibility index (Phi) is 2.59. The van der Waals surface area contributed by atoms with Gasteiger partial charge >= 0.3 is 6.03 Å². The van der Waals surface area contributed by atoms with Gasteiger partial charge in [0.1, 0.15) is 0 Å². The Bertz CT molecular complexity index is 637. The van der Waals surface area contributed by atoms with E-state index < -0.39 is 22.5 Å². The minimum absolute atomic E-state index is 0.239. The monoisotopic (exact) mass is 286 g/mol. The summed E-state index contributed by atoms with van der Waals surface area (Å²) in [5.41, 5.74) is 0.677. The van der Waals surface area contributed by atoms with E-state index in [-0.39, 0.29) is 13.1 Å². The molecule has 3 heterocycles. The second-order valence-corrected chi connectivity index (χ2v) is 5.06. The van der Waals surface area contributed by atoms with Crippen LogP contribution in [0, 0.1) is 0 Å². The Labute approximate surface area is 108 Å². The zero-order valence-corrected chi connectivity index (χ0v) is 10.2. The summed E-state index contributed by atoms with van der Waals surface area (Å²) in [6.07, 6.45) is 4.35. The first kappa shape index (κ1) is 12.1. The lowest BCUT2D eigenvalue weighted by Gasteiger charge is -2.20. The van der Waals surface area contributed by atoms with Crippen molar-refractivity contribution in [2.24, 2.45) is 0 Å². The smallest absolute Gasteiger partial charge is 0.346 e. The van der Waals surface area contributed by atoms with Crippen LogP contribution in [0.2, 0.25) is 0 Å². The van der Waals surface area contributed by atoms with Crippen molar-refractivity contribution in [1.29, 1.82) is 0 Å². The van der Waals surface area contributed by atoms with Gasteiger partial charge in [-0.3, -0.25) is 0 Å². The Balaban J connectivity index is 1.90. The van der Waals surface area contributed by atoms with E-state index in [2.05, 4.69) is 9.27 Å². The van der Waals surface area contributed by atoms with E-state index in [1.165, 1.54) is 17.5 Å². The molecule has 0 spiro atoms. The molecule has 0 aromatic carbocycles. The highest BCUT2D eigenvalue weighted by atomic mass is 32.3. The second-order valence-electron chi connectivity index (χ2n) is 4.10. The van der Waals surface area contributed by atoms with Gasteiger partial charge in [0, 0.05) is 12.1 Å². The van der Waals surface area contributed by atoms with Crippen LogP contribution < -0.4 is 0 Å². The zero-order chi connectivity index (χ0) is 13.6. The summed E-state index contributed by atoms with van der Waals surface area (Å²) >= 11 is 0. The largest absolute Gasteiger partial charge is 0.724 e. The quantitative estimate of drug-likeness (QED) is 0.546. The normalized spacial score (nSPS) is 22.9. The van der Waals surface area contributed by atoms with Crippen LogP contribution in [-0.2, 0) is 14.7 Å². The highest BCUT2D eigenvalue weighted by Crippen LogP contribution is 2.29. The first-order valence-corrected chi connectivity index (χ1v) is 6.60. The minimum Gasteiger partial charge on any atom is -0.724 e. The summed E-state index contributed by atoms with van der Waals surface area (Å²) in [6, 6.07) is -1.32. The second kappa shape index (κ2) is 4.05. The van der Waals surface area contributed by atoms with E-state index in [0.29, 0.717) is 16.4 Å². The highest BCUT2D eigenvalue weighted by Gasteiger charge is 2.42. The Morgan fingerprint density at radius 1 is 1.53 bits per heavy atom. The van der Waals surface area contributed by atoms with Crippen LogP contribution in [0.4, 0.5) is 4.79 Å². The first-order chi connectivity index (χ1) is 8.94. The fourth-order valence-corrected chi connectivity index (χ4v) is 2.49. The molecule has 2 bridgehead atoms. The number of carbonyl (C=O) groups is 1. The Hall–Kier alpha value is -1.91. The van der Waals surface area contributed by atoms with E-state index in [1.54, 1.807) is 6.08 Å². The van der Waals surface area contributed by atoms with Crippen LogP contribution in [0.25, 0.3) is 5.57 Å². The molecule has 1 aromatic heterocycles. The van der Waals surface area contributed by atoms with Gasteiger partial charge in [0.25, 0.3) is 0 Å². The van der Waals surface area contributed by atoms with E-state index in [0.717, 1.165) is 0 Å². The van der Waals surface area contributed by atoms with Crippen LogP contribution in [0.5, 0.6) is 0 Å². The van der Waals surface area contributed by atoms with Crippen molar-refractivity contribution in [1.82, 2.24) is 14.9 Å². The molecule has 9 nitrogen and oxygen atoms in total. The number of fused-ring (bicyclic) bond motifs is 2. The molecule has 0 aliphatic carbocycles. The molecule has 3 rings (SSSR count). The summed E-state index contributed by atoms with van der Waals surface area (Å²) in [4.78, 5) is 16.9. The van der Waals surface area contributed by atoms with Gasteiger partial charge in [0.05, 0.1) is 18.8 Å². The number of urea groups is 1. The molecule has 1 unspecified atom stereocenters. The standard InChI is InChI=1S/C9H9N3O6S/c13-9-11-3-6(8-2-10-5-17-8)1-7(4-11)12(9)18-19(14,15)16/h1-2,5,7H,3-4H2,(H,14,15,16)/p-1. The van der Waals surface area contributed by atoms with Crippen molar-refractivity contribution >= 4 is 22.0 Å². The topological polar surface area (TPSA) is 116 Å². The zero-order valence-electron chi connectivity index (χ0n) is 9.42. The number of aromatic nitrogens is 1. The van der Waals surface area contributed by atoms with E-state index >= 15 is 0 Å². The lowest BCUT2D eigenvalue weighted by atomic mass is 10.1. The van der Waals surface area contributed by atoms with Gasteiger partial charge in [0.2, 0.25) is 10.4 Å². The Morgan fingerprint density at radius 2 is 2.32 bits per heavy atom. The number of carbonyl (C=O) groups excluding carboxylic acids is 1. The third kappa shape index (κ3) is 2.20. The fourth-order valence-electron chi connectivity index (χ4n) is 2.12. The lowest BCUT2D eigenvalue weighted by molar-refractivity contribution is -0.0195. The molecule has 10 heteroatoms. The third-order valence-corrected chi connectivity index (χ3v) is 3.19. The van der Waals surface area contributed by atoms with E-state index in [4.69, 9.17) is 4.42 Å². The van der Waals surface area contributed by atoms with Gasteiger partial charge in [-0.1, -0.05) is 0 Å². The third-order valence-electron chi connectivity index (χ3n) is 2.84. The molecule has 1 aromatic rings. The number of hydroxylamine groups is 2. The average molecular weight is 286 g/mol. The first-order valence-electron chi connectivity index (χ1n) is 5.27. The molecule has 0 saturated carbocycles. The SMILES string of the molecule is O=C1N2CC(c3cnco3)=CC(C2)N1OS(=O)(=O)[O-]. The number of oxazole rings is 1. The van der Waals surface area contributed by atoms with Crippen LogP contribution in [0.15, 0.2) is 23.1 Å². The van der Waals surface area contributed by atoms with E-state index in [1.807, 2.05) is 0 Å². The number of hydrogen-bond donors (Lipinski definition) is 0. The lowest BCUT2D eigenvalue weighted by Crippen LogP contribution is -2.35. The summed E-state index contributed by atoms with van der Waals surface area (Å²) in [5.74, 6) is 0.481. The molecule has 0 N–H and O–H groups in total. The molecule has 19 heavy (non-hydrogen) atoms. The van der Waals surface area contributed by atoms with Crippen LogP contribution in [0.1, 0.15) is 5.76 Å². The number of hydrogen-bond acceptors (Lipinski definition) is 7. The predicted molar refractivity (Wildman–Crippen MR) is 57.9 cm³/mol. The molecule has 1 fully saturated rings. The number of nitrogens with zero attached hydrogens (tertiary/aromatic N) is 3. The van der Waals surface area contributed by atoms with Gasteiger partial charge < -0.3 is 13.9 Å². The molecule has 2 aliphatic heterocycles. The molecule has 2 aliphatic rings.